The van der Waals surface area contributed by atoms with Crippen LogP contribution in [0.25, 0.3) is 0 Å². The lowest BCUT2D eigenvalue weighted by Gasteiger charge is -2.26. The lowest BCUT2D eigenvalue weighted by molar-refractivity contribution is 0.240. The van der Waals surface area contributed by atoms with Crippen LogP contribution in [0, 0.1) is 0 Å². The Hall–Kier alpha value is -0.550. The fourth-order valence-corrected chi connectivity index (χ4v) is 2.70. The number of nitrogens with one attached hydrogen (secondary N) is 2. The van der Waals surface area contributed by atoms with Crippen LogP contribution in [0.1, 0.15) is 19.3 Å². The fraction of sp³-hybridized carbons (Fsp3) is 0.364. The quantitative estimate of drug-likeness (QED) is 0.837. The topological polar surface area (TPSA) is 41.1 Å². The van der Waals surface area contributed by atoms with Gasteiger partial charge in [0.25, 0.3) is 0 Å². The molecule has 3 nitrogen and oxygen atoms in total. The van der Waals surface area contributed by atoms with Crippen molar-refractivity contribution in [2.75, 3.05) is 5.32 Å². The molecule has 2 amide bonds. The van der Waals surface area contributed by atoms with E-state index in [0.717, 1.165) is 27.5 Å². The molecule has 16 heavy (non-hydrogen) atoms. The minimum absolute atomic E-state index is 0.141. The Morgan fingerprint density at radius 2 is 1.88 bits per heavy atom. The summed E-state index contributed by atoms with van der Waals surface area (Å²) in [5.74, 6) is 0. The molecule has 2 N–H and O–H groups in total. The third-order valence-corrected chi connectivity index (χ3v) is 3.96. The van der Waals surface area contributed by atoms with E-state index < -0.39 is 0 Å². The Labute approximate surface area is 111 Å². The molecule has 0 bridgehead atoms. The summed E-state index contributed by atoms with van der Waals surface area (Å²) < 4.78 is 1.73. The number of rotatable bonds is 2. The molecule has 86 valence electrons. The molecule has 1 aliphatic rings. The predicted octanol–water partition coefficient (Wildman–Crippen LogP) is 3.89. The second-order valence-corrected chi connectivity index (χ2v) is 5.53. The van der Waals surface area contributed by atoms with Gasteiger partial charge in [-0.2, -0.15) is 0 Å². The van der Waals surface area contributed by atoms with Crippen LogP contribution in [-0.2, 0) is 0 Å². The minimum Gasteiger partial charge on any atom is -0.335 e. The second-order valence-electron chi connectivity index (χ2n) is 3.82. The summed E-state index contributed by atoms with van der Waals surface area (Å²) in [5, 5.41) is 5.76. The maximum absolute atomic E-state index is 11.7. The van der Waals surface area contributed by atoms with Crippen molar-refractivity contribution >= 4 is 43.6 Å². The highest BCUT2D eigenvalue weighted by Gasteiger charge is 2.19. The summed E-state index contributed by atoms with van der Waals surface area (Å²) in [6, 6.07) is 5.90. The lowest BCUT2D eigenvalue weighted by atomic mass is 9.93. The van der Waals surface area contributed by atoms with Gasteiger partial charge in [0, 0.05) is 15.0 Å². The summed E-state index contributed by atoms with van der Waals surface area (Å²) in [5.41, 5.74) is 0.763. The monoisotopic (exact) mass is 346 g/mol. The molecule has 0 radical (unpaired) electrons. The number of anilines is 1. The Morgan fingerprint density at radius 1 is 1.25 bits per heavy atom. The maximum atomic E-state index is 11.7. The molecule has 1 saturated carbocycles. The number of benzene rings is 1. The van der Waals surface area contributed by atoms with Crippen molar-refractivity contribution < 1.29 is 4.79 Å². The van der Waals surface area contributed by atoms with Gasteiger partial charge in [0.15, 0.2) is 0 Å². The van der Waals surface area contributed by atoms with Gasteiger partial charge in [-0.25, -0.2) is 4.79 Å². The van der Waals surface area contributed by atoms with Gasteiger partial charge in [0.1, 0.15) is 0 Å². The number of hydrogen-bond donors (Lipinski definition) is 2. The minimum atomic E-state index is -0.141. The normalized spacial score (nSPS) is 15.4. The fourth-order valence-electron chi connectivity index (χ4n) is 1.50. The lowest BCUT2D eigenvalue weighted by Crippen LogP contribution is -2.41. The van der Waals surface area contributed by atoms with Crippen molar-refractivity contribution in [1.29, 1.82) is 0 Å². The van der Waals surface area contributed by atoms with Gasteiger partial charge in [-0.3, -0.25) is 0 Å². The Balaban J connectivity index is 1.99. The van der Waals surface area contributed by atoms with E-state index in [1.165, 1.54) is 6.42 Å². The first-order valence-corrected chi connectivity index (χ1v) is 6.77. The van der Waals surface area contributed by atoms with E-state index in [0.29, 0.717) is 6.04 Å². The second kappa shape index (κ2) is 5.19. The van der Waals surface area contributed by atoms with Crippen molar-refractivity contribution in [3.8, 4) is 0 Å². The van der Waals surface area contributed by atoms with E-state index in [9.17, 15) is 4.79 Å². The van der Waals surface area contributed by atoms with E-state index in [1.807, 2.05) is 18.2 Å². The number of carbonyl (C=O) groups is 1. The van der Waals surface area contributed by atoms with Gasteiger partial charge >= 0.3 is 6.03 Å². The van der Waals surface area contributed by atoms with Crippen LogP contribution in [0.4, 0.5) is 10.5 Å². The molecule has 5 heteroatoms. The number of urea groups is 1. The van der Waals surface area contributed by atoms with Gasteiger partial charge in [-0.1, -0.05) is 6.07 Å². The largest absolute Gasteiger partial charge is 0.335 e. The molecule has 1 aliphatic carbocycles. The smallest absolute Gasteiger partial charge is 0.319 e. The van der Waals surface area contributed by atoms with E-state index in [-0.39, 0.29) is 6.03 Å². The summed E-state index contributed by atoms with van der Waals surface area (Å²) in [4.78, 5) is 11.7. The zero-order valence-electron chi connectivity index (χ0n) is 8.59. The van der Waals surface area contributed by atoms with E-state index in [1.54, 1.807) is 0 Å². The molecular formula is C11H12Br2N2O. The van der Waals surface area contributed by atoms with Gasteiger partial charge < -0.3 is 10.6 Å². The highest BCUT2D eigenvalue weighted by Crippen LogP contribution is 2.30. The average molecular weight is 348 g/mol. The highest BCUT2D eigenvalue weighted by molar-refractivity contribution is 9.11. The molecular weight excluding hydrogens is 336 g/mol. The Morgan fingerprint density at radius 3 is 2.38 bits per heavy atom. The van der Waals surface area contributed by atoms with Gasteiger partial charge in [-0.15, -0.1) is 0 Å². The van der Waals surface area contributed by atoms with Crippen molar-refractivity contribution in [2.24, 2.45) is 0 Å². The van der Waals surface area contributed by atoms with E-state index in [4.69, 9.17) is 0 Å². The zero-order valence-corrected chi connectivity index (χ0v) is 11.8. The van der Waals surface area contributed by atoms with Crippen LogP contribution in [0.5, 0.6) is 0 Å². The number of hydrogen-bond acceptors (Lipinski definition) is 1. The van der Waals surface area contributed by atoms with Crippen LogP contribution < -0.4 is 10.6 Å². The third kappa shape index (κ3) is 2.77. The molecule has 0 unspecified atom stereocenters. The molecule has 0 saturated heterocycles. The predicted molar refractivity (Wildman–Crippen MR) is 71.6 cm³/mol. The highest BCUT2D eigenvalue weighted by atomic mass is 79.9. The summed E-state index contributed by atoms with van der Waals surface area (Å²) in [6.45, 7) is 0. The molecule has 2 rings (SSSR count). The molecule has 1 fully saturated rings. The number of amides is 2. The molecule has 0 heterocycles. The molecule has 0 spiro atoms. The first kappa shape index (κ1) is 11.9. The standard InChI is InChI=1S/C11H12Br2N2O/c12-8-5-2-6-9(13)10(8)15-11(16)14-7-3-1-4-7/h2,5-7H,1,3-4H2,(H2,14,15,16). The van der Waals surface area contributed by atoms with Crippen LogP contribution >= 0.6 is 31.9 Å². The van der Waals surface area contributed by atoms with Crippen molar-refractivity contribution in [3.63, 3.8) is 0 Å². The molecule has 0 atom stereocenters. The number of halogens is 2. The van der Waals surface area contributed by atoms with Gasteiger partial charge in [-0.05, 0) is 63.3 Å². The van der Waals surface area contributed by atoms with Crippen LogP contribution in [0.2, 0.25) is 0 Å². The number of carbonyl (C=O) groups excluding carboxylic acids is 1. The molecule has 0 aromatic heterocycles. The zero-order chi connectivity index (χ0) is 11.5. The SMILES string of the molecule is O=C(Nc1c(Br)cccc1Br)NC1CCC1. The van der Waals surface area contributed by atoms with E-state index in [2.05, 4.69) is 42.5 Å². The Kier molecular flexibility index (Phi) is 3.86. The van der Waals surface area contributed by atoms with Crippen molar-refractivity contribution in [3.05, 3.63) is 27.1 Å². The number of para-hydroxylation sites is 1. The first-order valence-electron chi connectivity index (χ1n) is 5.18. The third-order valence-electron chi connectivity index (χ3n) is 2.64. The van der Waals surface area contributed by atoms with Crippen LogP contribution in [0.3, 0.4) is 0 Å². The maximum Gasteiger partial charge on any atom is 0.319 e. The summed E-state index contributed by atoms with van der Waals surface area (Å²) in [6.07, 6.45) is 3.39. The van der Waals surface area contributed by atoms with Gasteiger partial charge in [0.05, 0.1) is 5.69 Å². The van der Waals surface area contributed by atoms with Crippen LogP contribution in [-0.4, -0.2) is 12.1 Å². The molecule has 0 aliphatic heterocycles. The van der Waals surface area contributed by atoms with Gasteiger partial charge in [0.2, 0.25) is 0 Å². The molecule has 1 aromatic rings. The molecule has 1 aromatic carbocycles. The van der Waals surface area contributed by atoms with Crippen molar-refractivity contribution in [1.82, 2.24) is 5.32 Å². The average Bonchev–Trinajstić information content (AvgIpc) is 2.18. The Bertz CT molecular complexity index is 385. The summed E-state index contributed by atoms with van der Waals surface area (Å²) >= 11 is 6.80. The summed E-state index contributed by atoms with van der Waals surface area (Å²) in [7, 11) is 0. The van der Waals surface area contributed by atoms with Crippen molar-refractivity contribution in [2.45, 2.75) is 25.3 Å². The van der Waals surface area contributed by atoms with Crippen LogP contribution in [0.15, 0.2) is 27.1 Å². The van der Waals surface area contributed by atoms with E-state index >= 15 is 0 Å². The first-order chi connectivity index (χ1) is 7.66.